The van der Waals surface area contributed by atoms with Crippen LogP contribution in [-0.4, -0.2) is 41.0 Å². The largest absolute Gasteiger partial charge is 0.472 e. The second-order valence-corrected chi connectivity index (χ2v) is 5.89. The van der Waals surface area contributed by atoms with E-state index in [1.165, 1.54) is 13.1 Å². The summed E-state index contributed by atoms with van der Waals surface area (Å²) >= 11 is 0. The quantitative estimate of drug-likeness (QED) is 0.619. The fraction of sp³-hybridized carbons (Fsp3) is 0.263. The number of nitrogens with zero attached hydrogens (tertiary/aromatic N) is 3. The van der Waals surface area contributed by atoms with E-state index in [1.54, 1.807) is 41.3 Å². The Labute approximate surface area is 150 Å². The zero-order valence-electron chi connectivity index (χ0n) is 14.2. The van der Waals surface area contributed by atoms with Crippen LogP contribution in [0.25, 0.3) is 0 Å². The zero-order valence-corrected chi connectivity index (χ0v) is 14.2. The maximum atomic E-state index is 12.6. The molecule has 1 saturated heterocycles. The van der Waals surface area contributed by atoms with E-state index in [1.807, 2.05) is 6.07 Å². The number of ether oxygens (including phenoxy) is 2. The monoisotopic (exact) mass is 351 g/mol. The van der Waals surface area contributed by atoms with E-state index in [4.69, 9.17) is 14.7 Å². The first kappa shape index (κ1) is 17.4. The van der Waals surface area contributed by atoms with Crippen molar-refractivity contribution in [3.8, 4) is 17.7 Å². The summed E-state index contributed by atoms with van der Waals surface area (Å²) in [6.07, 6.45) is 2.05. The molecule has 132 valence electrons. The summed E-state index contributed by atoms with van der Waals surface area (Å²) in [7, 11) is 0. The number of carbonyl (C=O) groups excluding carboxylic acids is 2. The molecule has 0 saturated carbocycles. The molecule has 0 radical (unpaired) electrons. The lowest BCUT2D eigenvalue weighted by molar-refractivity contribution is -0.131. The number of benzene rings is 1. The van der Waals surface area contributed by atoms with Crippen LogP contribution in [0.5, 0.6) is 11.6 Å². The third kappa shape index (κ3) is 4.16. The van der Waals surface area contributed by atoms with Crippen molar-refractivity contribution >= 4 is 11.9 Å². The third-order valence-corrected chi connectivity index (χ3v) is 3.95. The van der Waals surface area contributed by atoms with Gasteiger partial charge >= 0.3 is 5.97 Å². The number of amides is 1. The van der Waals surface area contributed by atoms with Crippen molar-refractivity contribution in [2.24, 2.45) is 0 Å². The number of pyridine rings is 1. The van der Waals surface area contributed by atoms with Crippen LogP contribution in [0.15, 0.2) is 42.6 Å². The molecule has 2 aromatic rings. The van der Waals surface area contributed by atoms with E-state index in [2.05, 4.69) is 4.98 Å². The number of nitriles is 1. The molecule has 0 aliphatic carbocycles. The maximum absolute atomic E-state index is 12.6. The minimum Gasteiger partial charge on any atom is -0.472 e. The molecule has 1 atom stereocenters. The van der Waals surface area contributed by atoms with Crippen molar-refractivity contribution in [1.29, 1.82) is 5.26 Å². The number of hydrogen-bond acceptors (Lipinski definition) is 6. The smallest absolute Gasteiger partial charge is 0.308 e. The first-order valence-corrected chi connectivity index (χ1v) is 8.16. The van der Waals surface area contributed by atoms with E-state index in [0.717, 1.165) is 0 Å². The minimum atomic E-state index is -0.405. The molecular formula is C19H17N3O4. The highest BCUT2D eigenvalue weighted by atomic mass is 16.5. The van der Waals surface area contributed by atoms with E-state index < -0.39 is 5.97 Å². The lowest BCUT2D eigenvalue weighted by Gasteiger charge is -2.17. The Bertz CT molecular complexity index is 858. The van der Waals surface area contributed by atoms with Gasteiger partial charge in [-0.3, -0.25) is 9.59 Å². The van der Waals surface area contributed by atoms with Crippen LogP contribution in [-0.2, 0) is 4.79 Å². The molecule has 1 fully saturated rings. The second-order valence-electron chi connectivity index (χ2n) is 5.89. The molecule has 0 bridgehead atoms. The van der Waals surface area contributed by atoms with Gasteiger partial charge < -0.3 is 14.4 Å². The predicted molar refractivity (Wildman–Crippen MR) is 91.6 cm³/mol. The Morgan fingerprint density at radius 3 is 2.73 bits per heavy atom. The van der Waals surface area contributed by atoms with Crippen molar-refractivity contribution in [3.63, 3.8) is 0 Å². The molecular weight excluding hydrogens is 334 g/mol. The van der Waals surface area contributed by atoms with Crippen molar-refractivity contribution in [1.82, 2.24) is 9.88 Å². The van der Waals surface area contributed by atoms with Gasteiger partial charge in [-0.2, -0.15) is 5.26 Å². The summed E-state index contributed by atoms with van der Waals surface area (Å²) in [6.45, 7) is 2.35. The zero-order chi connectivity index (χ0) is 18.5. The lowest BCUT2D eigenvalue weighted by atomic mass is 10.2. The minimum absolute atomic E-state index is 0.107. The molecule has 7 nitrogen and oxygen atoms in total. The van der Waals surface area contributed by atoms with E-state index in [9.17, 15) is 9.59 Å². The average molecular weight is 351 g/mol. The van der Waals surface area contributed by atoms with Crippen molar-refractivity contribution in [3.05, 3.63) is 53.7 Å². The van der Waals surface area contributed by atoms with Crippen LogP contribution in [0.1, 0.15) is 29.3 Å². The lowest BCUT2D eigenvalue weighted by Crippen LogP contribution is -2.31. The summed E-state index contributed by atoms with van der Waals surface area (Å²) in [5, 5.41) is 8.92. The fourth-order valence-electron chi connectivity index (χ4n) is 2.74. The van der Waals surface area contributed by atoms with Crippen LogP contribution in [0, 0.1) is 11.3 Å². The molecule has 1 aromatic carbocycles. The van der Waals surface area contributed by atoms with Gasteiger partial charge in [0.25, 0.3) is 5.91 Å². The van der Waals surface area contributed by atoms with E-state index >= 15 is 0 Å². The predicted octanol–water partition coefficient (Wildman–Crippen LogP) is 2.17. The van der Waals surface area contributed by atoms with Crippen LogP contribution < -0.4 is 9.47 Å². The van der Waals surface area contributed by atoms with Crippen LogP contribution in [0.3, 0.4) is 0 Å². The third-order valence-electron chi connectivity index (χ3n) is 3.95. The molecule has 1 aliphatic heterocycles. The highest BCUT2D eigenvalue weighted by Gasteiger charge is 2.28. The number of likely N-dealkylation sites (tertiary alicyclic amines) is 1. The van der Waals surface area contributed by atoms with Crippen LogP contribution >= 0.6 is 0 Å². The molecule has 3 rings (SSSR count). The summed E-state index contributed by atoms with van der Waals surface area (Å²) in [4.78, 5) is 29.3. The Kier molecular flexibility index (Phi) is 5.13. The number of carbonyl (C=O) groups is 2. The molecule has 1 aliphatic rings. The number of hydrogen-bond donors (Lipinski definition) is 0. The molecule has 7 heteroatoms. The standard InChI is InChI=1S/C19H17N3O4/c1-13(23)25-16-4-2-15(3-5-16)19(24)22-9-7-17(12-22)26-18-10-14(11-20)6-8-21-18/h2-6,8,10,17H,7,9,12H2,1H3. The summed E-state index contributed by atoms with van der Waals surface area (Å²) < 4.78 is 10.7. The molecule has 2 heterocycles. The highest BCUT2D eigenvalue weighted by Crippen LogP contribution is 2.20. The summed E-state index contributed by atoms with van der Waals surface area (Å²) in [5.41, 5.74) is 1.000. The van der Waals surface area contributed by atoms with Gasteiger partial charge in [-0.15, -0.1) is 0 Å². The Morgan fingerprint density at radius 2 is 2.04 bits per heavy atom. The second kappa shape index (κ2) is 7.66. The van der Waals surface area contributed by atoms with Gasteiger partial charge in [0.2, 0.25) is 5.88 Å². The summed E-state index contributed by atoms with van der Waals surface area (Å²) in [6, 6.07) is 11.7. The van der Waals surface area contributed by atoms with Gasteiger partial charge in [0.15, 0.2) is 0 Å². The Morgan fingerprint density at radius 1 is 1.27 bits per heavy atom. The van der Waals surface area contributed by atoms with Gasteiger partial charge in [-0.25, -0.2) is 4.98 Å². The van der Waals surface area contributed by atoms with Crippen molar-refractivity contribution < 1.29 is 19.1 Å². The molecule has 1 aromatic heterocycles. The number of aromatic nitrogens is 1. The molecule has 0 spiro atoms. The number of rotatable bonds is 4. The Balaban J connectivity index is 1.60. The SMILES string of the molecule is CC(=O)Oc1ccc(C(=O)N2CCC(Oc3cc(C#N)ccn3)C2)cc1. The topological polar surface area (TPSA) is 92.5 Å². The van der Waals surface area contributed by atoms with E-state index in [-0.39, 0.29) is 12.0 Å². The van der Waals surface area contributed by atoms with Gasteiger partial charge in [-0.05, 0) is 30.3 Å². The van der Waals surface area contributed by atoms with Gasteiger partial charge in [0, 0.05) is 37.7 Å². The van der Waals surface area contributed by atoms with E-state index in [0.29, 0.717) is 42.3 Å². The van der Waals surface area contributed by atoms with Crippen molar-refractivity contribution in [2.75, 3.05) is 13.1 Å². The van der Waals surface area contributed by atoms with Crippen LogP contribution in [0.4, 0.5) is 0 Å². The molecule has 1 amide bonds. The normalized spacial score (nSPS) is 16.0. The van der Waals surface area contributed by atoms with Gasteiger partial charge in [-0.1, -0.05) is 0 Å². The molecule has 0 N–H and O–H groups in total. The molecule has 26 heavy (non-hydrogen) atoms. The highest BCUT2D eigenvalue weighted by molar-refractivity contribution is 5.94. The van der Waals surface area contributed by atoms with Gasteiger partial charge in [0.1, 0.15) is 11.9 Å². The summed E-state index contributed by atoms with van der Waals surface area (Å²) in [5.74, 6) is 0.274. The fourth-order valence-corrected chi connectivity index (χ4v) is 2.74. The van der Waals surface area contributed by atoms with Crippen LogP contribution in [0.2, 0.25) is 0 Å². The molecule has 1 unspecified atom stereocenters. The maximum Gasteiger partial charge on any atom is 0.308 e. The van der Waals surface area contributed by atoms with Crippen molar-refractivity contribution in [2.45, 2.75) is 19.4 Å². The first-order chi connectivity index (χ1) is 12.5. The Hall–Kier alpha value is -3.40. The number of esters is 1. The average Bonchev–Trinajstić information content (AvgIpc) is 3.10. The van der Waals surface area contributed by atoms with Gasteiger partial charge in [0.05, 0.1) is 18.2 Å². The first-order valence-electron chi connectivity index (χ1n) is 8.16.